The molecule has 0 atom stereocenters. The van der Waals surface area contributed by atoms with Gasteiger partial charge in [-0.15, -0.1) is 0 Å². The fourth-order valence-electron chi connectivity index (χ4n) is 4.68. The van der Waals surface area contributed by atoms with Crippen LogP contribution in [0.3, 0.4) is 0 Å². The highest BCUT2D eigenvalue weighted by Gasteiger charge is 2.31. The van der Waals surface area contributed by atoms with Crippen LogP contribution in [0.5, 0.6) is 0 Å². The number of fused-ring (bicyclic) bond motifs is 1. The molecule has 0 bridgehead atoms. The monoisotopic (exact) mass is 517 g/mol. The lowest BCUT2D eigenvalue weighted by molar-refractivity contribution is -0.115. The van der Waals surface area contributed by atoms with E-state index in [1.807, 2.05) is 0 Å². The Kier molecular flexibility index (Phi) is 6.26. The lowest BCUT2D eigenvalue weighted by Gasteiger charge is -2.21. The van der Waals surface area contributed by atoms with Gasteiger partial charge >= 0.3 is 5.69 Å². The minimum Gasteiger partial charge on any atom is -0.338 e. The van der Waals surface area contributed by atoms with E-state index in [4.69, 9.17) is 0 Å². The number of hydrogen-bond donors (Lipinski definition) is 2. The van der Waals surface area contributed by atoms with E-state index in [1.54, 1.807) is 51.1 Å². The summed E-state index contributed by atoms with van der Waals surface area (Å²) in [6.45, 7) is 5.04. The number of aromatic nitrogens is 3. The summed E-state index contributed by atoms with van der Waals surface area (Å²) in [5.74, 6) is -0.651. The molecule has 0 unspecified atom stereocenters. The van der Waals surface area contributed by atoms with Crippen molar-refractivity contribution in [3.63, 3.8) is 0 Å². The van der Waals surface area contributed by atoms with Gasteiger partial charge in [0.1, 0.15) is 17.0 Å². The predicted molar refractivity (Wildman–Crippen MR) is 145 cm³/mol. The molecule has 0 aliphatic heterocycles. The zero-order chi connectivity index (χ0) is 27.3. The number of amides is 1. The molecule has 1 amide bonds. The number of pyridine rings is 1. The highest BCUT2D eigenvalue weighted by atomic mass is 19.1. The molecule has 196 valence electrons. The first-order valence-corrected chi connectivity index (χ1v) is 12.5. The Hall–Kier alpha value is -4.47. The summed E-state index contributed by atoms with van der Waals surface area (Å²) in [5, 5.41) is 5.83. The molecule has 1 aliphatic rings. The quantitative estimate of drug-likeness (QED) is 0.402. The Morgan fingerprint density at radius 3 is 2.45 bits per heavy atom. The summed E-state index contributed by atoms with van der Waals surface area (Å²) in [7, 11) is 1.50. The van der Waals surface area contributed by atoms with Crippen LogP contribution in [0.4, 0.5) is 21.6 Å². The molecule has 1 aliphatic carbocycles. The number of nitrogens with zero attached hydrogens (tertiary/aromatic N) is 3. The van der Waals surface area contributed by atoms with Crippen molar-refractivity contribution in [2.75, 3.05) is 10.6 Å². The fourth-order valence-corrected chi connectivity index (χ4v) is 4.68. The van der Waals surface area contributed by atoms with Crippen LogP contribution in [-0.4, -0.2) is 19.6 Å². The average Bonchev–Trinajstić information content (AvgIpc) is 3.72. The molecule has 5 rings (SSSR count). The molecule has 2 aromatic heterocycles. The largest absolute Gasteiger partial charge is 0.338 e. The molecule has 38 heavy (non-hydrogen) atoms. The Morgan fingerprint density at radius 2 is 1.79 bits per heavy atom. The van der Waals surface area contributed by atoms with Gasteiger partial charge < -0.3 is 10.6 Å². The maximum Gasteiger partial charge on any atom is 0.336 e. The van der Waals surface area contributed by atoms with E-state index in [-0.39, 0.29) is 46.3 Å². The number of aryl methyl sites for hydroxylation is 2. The number of carbonyl (C=O) groups excluding carboxylic acids is 1. The lowest BCUT2D eigenvalue weighted by Crippen LogP contribution is -2.41. The molecule has 1 saturated carbocycles. The molecule has 2 aromatic carbocycles. The lowest BCUT2D eigenvalue weighted by atomic mass is 10.1. The van der Waals surface area contributed by atoms with Gasteiger partial charge in [0.2, 0.25) is 5.91 Å². The van der Waals surface area contributed by atoms with Gasteiger partial charge in [0.15, 0.2) is 0 Å². The van der Waals surface area contributed by atoms with Gasteiger partial charge in [0, 0.05) is 30.8 Å². The normalized spacial score (nSPS) is 13.1. The molecule has 2 heterocycles. The smallest absolute Gasteiger partial charge is 0.336 e. The van der Waals surface area contributed by atoms with E-state index in [1.165, 1.54) is 32.9 Å². The van der Waals surface area contributed by atoms with E-state index in [9.17, 15) is 23.6 Å². The maximum absolute atomic E-state index is 14.8. The van der Waals surface area contributed by atoms with Crippen LogP contribution in [0.2, 0.25) is 0 Å². The predicted octanol–water partition coefficient (Wildman–Crippen LogP) is 4.03. The first-order chi connectivity index (χ1) is 18.1. The van der Waals surface area contributed by atoms with Crippen LogP contribution < -0.4 is 27.4 Å². The third-order valence-electron chi connectivity index (χ3n) is 6.84. The second kappa shape index (κ2) is 9.44. The third-order valence-corrected chi connectivity index (χ3v) is 6.84. The van der Waals surface area contributed by atoms with Crippen LogP contribution in [0.1, 0.15) is 43.4 Å². The molecule has 1 fully saturated rings. The van der Waals surface area contributed by atoms with Crippen LogP contribution in [-0.2, 0) is 11.8 Å². The molecule has 0 radical (unpaired) electrons. The van der Waals surface area contributed by atoms with Gasteiger partial charge in [-0.25, -0.2) is 9.18 Å². The standard InChI is InChI=1S/C28H28FN5O4/c1-5-22(35)30-17-7-6-8-19(14-17)33-24-16(3)26(36)32(4)25(31-21-12-9-15(2)13-20(21)29)23(24)27(37)34(28(33)38)18-10-11-18/h6-9,12-14,18,31H,5,10-11H2,1-4H3,(H,30,35). The summed E-state index contributed by atoms with van der Waals surface area (Å²) in [5.41, 5.74) is 0.421. The molecular formula is C28H28FN5O4. The van der Waals surface area contributed by atoms with Gasteiger partial charge in [-0.05, 0) is 62.6 Å². The Bertz CT molecular complexity index is 1800. The van der Waals surface area contributed by atoms with E-state index < -0.39 is 22.6 Å². The molecule has 10 heteroatoms. The van der Waals surface area contributed by atoms with Crippen molar-refractivity contribution >= 4 is 34.0 Å². The molecule has 9 nitrogen and oxygen atoms in total. The van der Waals surface area contributed by atoms with Crippen LogP contribution in [0.15, 0.2) is 56.8 Å². The zero-order valence-electron chi connectivity index (χ0n) is 21.6. The summed E-state index contributed by atoms with van der Waals surface area (Å²) < 4.78 is 18.6. The number of anilines is 3. The summed E-state index contributed by atoms with van der Waals surface area (Å²) in [6, 6.07) is 11.0. The minimum absolute atomic E-state index is 0.0851. The van der Waals surface area contributed by atoms with Crippen LogP contribution in [0, 0.1) is 19.7 Å². The van der Waals surface area contributed by atoms with Crippen molar-refractivity contribution < 1.29 is 9.18 Å². The van der Waals surface area contributed by atoms with Gasteiger partial charge in [0.05, 0.1) is 16.9 Å². The van der Waals surface area contributed by atoms with E-state index in [2.05, 4.69) is 10.6 Å². The number of halogens is 1. The van der Waals surface area contributed by atoms with Crippen molar-refractivity contribution in [2.45, 2.75) is 46.1 Å². The summed E-state index contributed by atoms with van der Waals surface area (Å²) >= 11 is 0. The van der Waals surface area contributed by atoms with Crippen LogP contribution >= 0.6 is 0 Å². The maximum atomic E-state index is 14.8. The van der Waals surface area contributed by atoms with Gasteiger partial charge in [-0.3, -0.25) is 28.1 Å². The Morgan fingerprint density at radius 1 is 1.05 bits per heavy atom. The number of nitrogens with one attached hydrogen (secondary N) is 2. The summed E-state index contributed by atoms with van der Waals surface area (Å²) in [4.78, 5) is 53.1. The first kappa shape index (κ1) is 25.2. The fraction of sp³-hybridized carbons (Fsp3) is 0.286. The third kappa shape index (κ3) is 4.21. The van der Waals surface area contributed by atoms with Crippen molar-refractivity contribution in [2.24, 2.45) is 7.05 Å². The number of benzene rings is 2. The average molecular weight is 518 g/mol. The molecule has 2 N–H and O–H groups in total. The SMILES string of the molecule is CCC(=O)Nc1cccc(-n2c(=O)n(C3CC3)c(=O)c3c(Nc4ccc(C)cc4F)n(C)c(=O)c(C)c32)c1. The van der Waals surface area contributed by atoms with Crippen molar-refractivity contribution in [3.8, 4) is 5.69 Å². The highest BCUT2D eigenvalue weighted by molar-refractivity contribution is 5.94. The molecular weight excluding hydrogens is 489 g/mol. The first-order valence-electron chi connectivity index (χ1n) is 12.5. The van der Waals surface area contributed by atoms with E-state index >= 15 is 0 Å². The topological polar surface area (TPSA) is 107 Å². The second-order valence-electron chi connectivity index (χ2n) is 9.65. The van der Waals surface area contributed by atoms with E-state index in [0.29, 0.717) is 24.2 Å². The van der Waals surface area contributed by atoms with Crippen molar-refractivity contribution in [1.82, 2.24) is 13.7 Å². The minimum atomic E-state index is -0.576. The Labute approximate surface area is 217 Å². The molecule has 0 saturated heterocycles. The highest BCUT2D eigenvalue weighted by Crippen LogP contribution is 2.34. The van der Waals surface area contributed by atoms with Gasteiger partial charge in [0.25, 0.3) is 11.1 Å². The van der Waals surface area contributed by atoms with E-state index in [0.717, 1.165) is 5.56 Å². The van der Waals surface area contributed by atoms with Crippen LogP contribution in [0.25, 0.3) is 16.6 Å². The van der Waals surface area contributed by atoms with Gasteiger partial charge in [-0.2, -0.15) is 0 Å². The van der Waals surface area contributed by atoms with Crippen molar-refractivity contribution in [1.29, 1.82) is 0 Å². The van der Waals surface area contributed by atoms with Crippen molar-refractivity contribution in [3.05, 3.63) is 90.6 Å². The second-order valence-corrected chi connectivity index (χ2v) is 9.65. The molecule has 4 aromatic rings. The number of rotatable bonds is 6. The number of hydrogen-bond acceptors (Lipinski definition) is 5. The zero-order valence-corrected chi connectivity index (χ0v) is 21.6. The van der Waals surface area contributed by atoms with Gasteiger partial charge in [-0.1, -0.05) is 19.1 Å². The summed E-state index contributed by atoms with van der Waals surface area (Å²) in [6.07, 6.45) is 1.63. The molecule has 0 spiro atoms. The Balaban J connectivity index is 1.88. The number of carbonyl (C=O) groups is 1.